The molecule has 0 saturated carbocycles. The Hall–Kier alpha value is -2.74. The number of aryl methyl sites for hydroxylation is 2. The summed E-state index contributed by atoms with van der Waals surface area (Å²) >= 11 is 1.49. The third-order valence-corrected chi connectivity index (χ3v) is 6.63. The van der Waals surface area contributed by atoms with Crippen LogP contribution in [-0.2, 0) is 21.4 Å². The number of aliphatic carboxylic acids is 1. The molecule has 8 heteroatoms. The minimum Gasteiger partial charge on any atom is -0.548 e. The Kier molecular flexibility index (Phi) is 7.26. The van der Waals surface area contributed by atoms with Crippen LogP contribution in [0.25, 0.3) is 21.9 Å². The number of nitrogens with one attached hydrogen (secondary N) is 1. The standard InChI is InChI=1S/C25H31NO6S/c1-13-15(7-8-20(27)26-19(23(28)29)9-10-33-6)24(30)32-22-14(2)21-17(11-16(13)22)18(12-31-21)25(3,4)5/h11-12,19H,7-10H2,1-6H3,(H,26,27)(H,28,29)/p-1/t19-/m0/s1. The molecule has 0 fully saturated rings. The molecule has 2 heterocycles. The van der Waals surface area contributed by atoms with E-state index >= 15 is 0 Å². The van der Waals surface area contributed by atoms with E-state index in [1.165, 1.54) is 11.8 Å². The first-order chi connectivity index (χ1) is 15.5. The number of carboxylic acids is 1. The van der Waals surface area contributed by atoms with Gasteiger partial charge in [-0.3, -0.25) is 4.79 Å². The van der Waals surface area contributed by atoms with Gasteiger partial charge in [-0.25, -0.2) is 4.79 Å². The van der Waals surface area contributed by atoms with E-state index in [-0.39, 0.29) is 24.7 Å². The first-order valence-electron chi connectivity index (χ1n) is 10.9. The van der Waals surface area contributed by atoms with Crippen LogP contribution < -0.4 is 16.0 Å². The van der Waals surface area contributed by atoms with Gasteiger partial charge >= 0.3 is 5.63 Å². The molecular weight excluding hydrogens is 442 g/mol. The summed E-state index contributed by atoms with van der Waals surface area (Å²) in [7, 11) is 0. The molecule has 0 spiro atoms. The molecule has 1 amide bonds. The number of benzene rings is 1. The molecule has 0 bridgehead atoms. The number of carbonyl (C=O) groups is 2. The van der Waals surface area contributed by atoms with E-state index in [0.29, 0.717) is 22.5 Å². The number of fused-ring (bicyclic) bond motifs is 2. The first-order valence-corrected chi connectivity index (χ1v) is 12.3. The summed E-state index contributed by atoms with van der Waals surface area (Å²) in [5.74, 6) is -1.17. The molecule has 0 aliphatic heterocycles. The SMILES string of the molecule is CSCC[C@H](NC(=O)CCc1c(C)c2cc3c(C(C)(C)C)coc3c(C)c2oc1=O)C(=O)[O-]. The van der Waals surface area contributed by atoms with Crippen LogP contribution in [0.5, 0.6) is 0 Å². The average molecular weight is 473 g/mol. The molecule has 2 aromatic heterocycles. The number of hydrogen-bond donors (Lipinski definition) is 1. The van der Waals surface area contributed by atoms with Gasteiger partial charge < -0.3 is 24.1 Å². The largest absolute Gasteiger partial charge is 0.548 e. The highest BCUT2D eigenvalue weighted by atomic mass is 32.2. The van der Waals surface area contributed by atoms with Gasteiger partial charge in [0.25, 0.3) is 0 Å². The van der Waals surface area contributed by atoms with Gasteiger partial charge in [0.1, 0.15) is 11.2 Å². The molecule has 178 valence electrons. The predicted molar refractivity (Wildman–Crippen MR) is 129 cm³/mol. The van der Waals surface area contributed by atoms with Crippen LogP contribution >= 0.6 is 11.8 Å². The van der Waals surface area contributed by atoms with Gasteiger partial charge in [0.15, 0.2) is 0 Å². The monoisotopic (exact) mass is 472 g/mol. The quantitative estimate of drug-likeness (QED) is 0.500. The number of amides is 1. The second-order valence-electron chi connectivity index (χ2n) is 9.37. The van der Waals surface area contributed by atoms with Gasteiger partial charge in [-0.1, -0.05) is 20.8 Å². The van der Waals surface area contributed by atoms with E-state index in [0.717, 1.165) is 27.5 Å². The van der Waals surface area contributed by atoms with Crippen molar-refractivity contribution in [1.82, 2.24) is 5.32 Å². The fourth-order valence-electron chi connectivity index (χ4n) is 4.06. The van der Waals surface area contributed by atoms with E-state index in [1.54, 1.807) is 6.26 Å². The van der Waals surface area contributed by atoms with Gasteiger partial charge in [-0.05, 0) is 55.7 Å². The lowest BCUT2D eigenvalue weighted by Gasteiger charge is -2.19. The van der Waals surface area contributed by atoms with Gasteiger partial charge in [0, 0.05) is 33.9 Å². The lowest BCUT2D eigenvalue weighted by molar-refractivity contribution is -0.308. The fourth-order valence-corrected chi connectivity index (χ4v) is 4.53. The summed E-state index contributed by atoms with van der Waals surface area (Å²) in [5.41, 5.74) is 3.52. The van der Waals surface area contributed by atoms with Crippen LogP contribution in [0.3, 0.4) is 0 Å². The Balaban J connectivity index is 1.94. The van der Waals surface area contributed by atoms with Crippen molar-refractivity contribution >= 4 is 45.6 Å². The van der Waals surface area contributed by atoms with Crippen molar-refractivity contribution in [3.8, 4) is 0 Å². The summed E-state index contributed by atoms with van der Waals surface area (Å²) in [6.45, 7) is 10.0. The van der Waals surface area contributed by atoms with Crippen molar-refractivity contribution in [2.45, 2.75) is 65.3 Å². The van der Waals surface area contributed by atoms with Crippen LogP contribution in [-0.4, -0.2) is 29.9 Å². The highest BCUT2D eigenvalue weighted by Crippen LogP contribution is 2.37. The maximum absolute atomic E-state index is 12.8. The van der Waals surface area contributed by atoms with Crippen molar-refractivity contribution in [2.24, 2.45) is 0 Å². The fraction of sp³-hybridized carbons (Fsp3) is 0.480. The van der Waals surface area contributed by atoms with Crippen LogP contribution in [0.1, 0.15) is 55.9 Å². The maximum Gasteiger partial charge on any atom is 0.339 e. The number of thioether (sulfide) groups is 1. The minimum absolute atomic E-state index is 0.0274. The van der Waals surface area contributed by atoms with Crippen molar-refractivity contribution in [2.75, 3.05) is 12.0 Å². The number of rotatable bonds is 8. The van der Waals surface area contributed by atoms with Gasteiger partial charge in [-0.2, -0.15) is 11.8 Å². The topological polar surface area (TPSA) is 113 Å². The molecule has 33 heavy (non-hydrogen) atoms. The second-order valence-corrected chi connectivity index (χ2v) is 10.4. The summed E-state index contributed by atoms with van der Waals surface area (Å²) < 4.78 is 11.5. The summed E-state index contributed by atoms with van der Waals surface area (Å²) in [4.78, 5) is 36.4. The zero-order valence-electron chi connectivity index (χ0n) is 19.9. The summed E-state index contributed by atoms with van der Waals surface area (Å²) in [5, 5.41) is 15.5. The Morgan fingerprint density at radius 3 is 2.45 bits per heavy atom. The number of hydrogen-bond acceptors (Lipinski definition) is 7. The molecule has 0 unspecified atom stereocenters. The molecule has 0 aliphatic carbocycles. The zero-order chi connectivity index (χ0) is 24.5. The Labute approximate surface area is 196 Å². The minimum atomic E-state index is -1.31. The average Bonchev–Trinajstić information content (AvgIpc) is 3.16. The van der Waals surface area contributed by atoms with E-state index in [9.17, 15) is 19.5 Å². The van der Waals surface area contributed by atoms with Crippen molar-refractivity contribution in [3.63, 3.8) is 0 Å². The second kappa shape index (κ2) is 9.63. The van der Waals surface area contributed by atoms with E-state index in [1.807, 2.05) is 26.2 Å². The Morgan fingerprint density at radius 2 is 1.85 bits per heavy atom. The van der Waals surface area contributed by atoms with Gasteiger partial charge in [0.2, 0.25) is 5.91 Å². The highest BCUT2D eigenvalue weighted by Gasteiger charge is 2.24. The molecule has 0 saturated heterocycles. The number of furan rings is 1. The Morgan fingerprint density at radius 1 is 1.15 bits per heavy atom. The van der Waals surface area contributed by atoms with Gasteiger partial charge in [0.05, 0.1) is 18.3 Å². The predicted octanol–water partition coefficient (Wildman–Crippen LogP) is 3.37. The molecule has 3 rings (SSSR count). The molecule has 0 aliphatic rings. The third kappa shape index (κ3) is 5.11. The van der Waals surface area contributed by atoms with Crippen LogP contribution in [0.4, 0.5) is 0 Å². The number of carbonyl (C=O) groups excluding carboxylic acids is 2. The molecular formula is C25H30NO6S-. The zero-order valence-corrected chi connectivity index (χ0v) is 20.7. The van der Waals surface area contributed by atoms with Crippen LogP contribution in [0.15, 0.2) is 26.0 Å². The van der Waals surface area contributed by atoms with Gasteiger partial charge in [-0.15, -0.1) is 0 Å². The lowest BCUT2D eigenvalue weighted by atomic mass is 9.86. The molecule has 7 nitrogen and oxygen atoms in total. The first kappa shape index (κ1) is 24.9. The molecule has 1 atom stereocenters. The van der Waals surface area contributed by atoms with Crippen LogP contribution in [0, 0.1) is 13.8 Å². The highest BCUT2D eigenvalue weighted by molar-refractivity contribution is 7.98. The van der Waals surface area contributed by atoms with Crippen molar-refractivity contribution in [1.29, 1.82) is 0 Å². The molecule has 1 N–H and O–H groups in total. The smallest absolute Gasteiger partial charge is 0.339 e. The third-order valence-electron chi connectivity index (χ3n) is 5.98. The van der Waals surface area contributed by atoms with E-state index < -0.39 is 23.5 Å². The summed E-state index contributed by atoms with van der Waals surface area (Å²) in [6.07, 6.45) is 4.01. The van der Waals surface area contributed by atoms with Crippen molar-refractivity contribution < 1.29 is 23.5 Å². The van der Waals surface area contributed by atoms with Crippen LogP contribution in [0.2, 0.25) is 0 Å². The number of carboxylic acid groups (broad SMARTS) is 1. The Bertz CT molecular complexity index is 1260. The van der Waals surface area contributed by atoms with E-state index in [4.69, 9.17) is 8.83 Å². The van der Waals surface area contributed by atoms with Crippen molar-refractivity contribution in [3.05, 3.63) is 45.0 Å². The molecule has 1 aromatic carbocycles. The van der Waals surface area contributed by atoms with E-state index in [2.05, 4.69) is 26.1 Å². The molecule has 3 aromatic rings. The maximum atomic E-state index is 12.8. The molecule has 0 radical (unpaired) electrons. The normalized spacial score (nSPS) is 12.9. The summed E-state index contributed by atoms with van der Waals surface area (Å²) in [6, 6.07) is 0.935. The lowest BCUT2D eigenvalue weighted by Crippen LogP contribution is -2.48.